The maximum Gasteiger partial charge on any atom is 0.408 e. The smallest absolute Gasteiger partial charge is 0.408 e. The zero-order valence-electron chi connectivity index (χ0n) is 22.2. The van der Waals surface area contributed by atoms with Gasteiger partial charge in [-0.3, -0.25) is 24.0 Å². The SMILES string of the molecule is CC(=O)OC[C@@H]1O[C@H](OC(C)=O)[C@H](NC(=O)[C@H](C)NC(=O)OCc2ccccc2)[C@H](OC(C)=O)[C@@H]1OC(C)=O. The summed E-state index contributed by atoms with van der Waals surface area (Å²) in [5.74, 6) is -3.89. The molecule has 1 aromatic carbocycles. The fraction of sp³-hybridized carbons (Fsp3) is 0.520. The Hall–Kier alpha value is -4.20. The zero-order valence-corrected chi connectivity index (χ0v) is 22.2. The van der Waals surface area contributed by atoms with Crippen LogP contribution in [0.2, 0.25) is 0 Å². The first-order valence-electron chi connectivity index (χ1n) is 12.0. The van der Waals surface area contributed by atoms with Crippen LogP contribution in [0.25, 0.3) is 0 Å². The van der Waals surface area contributed by atoms with Gasteiger partial charge in [-0.1, -0.05) is 30.3 Å². The Morgan fingerprint density at radius 1 is 0.821 bits per heavy atom. The molecule has 0 saturated carbocycles. The van der Waals surface area contributed by atoms with Crippen LogP contribution < -0.4 is 10.6 Å². The van der Waals surface area contributed by atoms with Gasteiger partial charge < -0.3 is 39.1 Å². The monoisotopic (exact) mass is 552 g/mol. The highest BCUT2D eigenvalue weighted by molar-refractivity contribution is 5.85. The van der Waals surface area contributed by atoms with Crippen molar-refractivity contribution in [2.45, 2.75) is 77.9 Å². The molecule has 0 spiro atoms. The molecule has 214 valence electrons. The van der Waals surface area contributed by atoms with E-state index in [1.54, 1.807) is 24.3 Å². The van der Waals surface area contributed by atoms with Crippen LogP contribution in [0, 0.1) is 0 Å². The maximum atomic E-state index is 13.0. The topological polar surface area (TPSA) is 182 Å². The van der Waals surface area contributed by atoms with Gasteiger partial charge in [-0.2, -0.15) is 0 Å². The predicted molar refractivity (Wildman–Crippen MR) is 129 cm³/mol. The lowest BCUT2D eigenvalue weighted by Crippen LogP contribution is -2.68. The molecule has 1 fully saturated rings. The summed E-state index contributed by atoms with van der Waals surface area (Å²) >= 11 is 0. The van der Waals surface area contributed by atoms with Gasteiger partial charge in [-0.25, -0.2) is 4.79 Å². The molecule has 6 atom stereocenters. The number of rotatable bonds is 10. The first-order valence-corrected chi connectivity index (χ1v) is 12.0. The molecule has 1 aromatic rings. The number of carbonyl (C=O) groups excluding carboxylic acids is 6. The number of amides is 2. The number of benzene rings is 1. The molecule has 1 heterocycles. The van der Waals surface area contributed by atoms with E-state index in [4.69, 9.17) is 28.4 Å². The Bertz CT molecular complexity index is 1050. The highest BCUT2D eigenvalue weighted by atomic mass is 16.7. The van der Waals surface area contributed by atoms with Crippen molar-refractivity contribution in [3.8, 4) is 0 Å². The second-order valence-electron chi connectivity index (χ2n) is 8.57. The summed E-state index contributed by atoms with van der Waals surface area (Å²) in [5, 5.41) is 4.87. The van der Waals surface area contributed by atoms with Gasteiger partial charge in [-0.15, -0.1) is 0 Å². The number of esters is 4. The van der Waals surface area contributed by atoms with Crippen molar-refractivity contribution in [3.05, 3.63) is 35.9 Å². The Labute approximate surface area is 224 Å². The zero-order chi connectivity index (χ0) is 29.1. The molecule has 0 aromatic heterocycles. The van der Waals surface area contributed by atoms with Crippen molar-refractivity contribution in [2.24, 2.45) is 0 Å². The first kappa shape index (κ1) is 31.0. The minimum absolute atomic E-state index is 0.0334. The molecule has 0 bridgehead atoms. The summed E-state index contributed by atoms with van der Waals surface area (Å²) < 4.78 is 31.7. The van der Waals surface area contributed by atoms with Crippen LogP contribution in [0.4, 0.5) is 4.79 Å². The molecule has 2 amide bonds. The van der Waals surface area contributed by atoms with E-state index in [0.717, 1.165) is 33.3 Å². The van der Waals surface area contributed by atoms with Crippen LogP contribution in [-0.4, -0.2) is 79.2 Å². The van der Waals surface area contributed by atoms with Crippen LogP contribution in [-0.2, 0) is 59.0 Å². The summed E-state index contributed by atoms with van der Waals surface area (Å²) in [5.41, 5.74) is 0.734. The van der Waals surface area contributed by atoms with E-state index in [1.807, 2.05) is 6.07 Å². The molecule has 1 aliphatic rings. The average molecular weight is 553 g/mol. The molecule has 14 heteroatoms. The highest BCUT2D eigenvalue weighted by Crippen LogP contribution is 2.28. The number of hydrogen-bond acceptors (Lipinski definition) is 12. The number of nitrogens with one attached hydrogen (secondary N) is 2. The minimum atomic E-state index is -1.56. The van der Waals surface area contributed by atoms with Crippen molar-refractivity contribution in [3.63, 3.8) is 0 Å². The molecule has 2 N–H and O–H groups in total. The fourth-order valence-corrected chi connectivity index (χ4v) is 3.62. The lowest BCUT2D eigenvalue weighted by atomic mass is 9.95. The van der Waals surface area contributed by atoms with E-state index in [0.29, 0.717) is 0 Å². The molecule has 14 nitrogen and oxygen atoms in total. The summed E-state index contributed by atoms with van der Waals surface area (Å²) in [7, 11) is 0. The van der Waals surface area contributed by atoms with Gasteiger partial charge in [0.15, 0.2) is 12.2 Å². The molecule has 1 aliphatic heterocycles. The van der Waals surface area contributed by atoms with Gasteiger partial charge >= 0.3 is 30.0 Å². The van der Waals surface area contributed by atoms with E-state index in [9.17, 15) is 28.8 Å². The lowest BCUT2D eigenvalue weighted by Gasteiger charge is -2.44. The summed E-state index contributed by atoms with van der Waals surface area (Å²) in [6, 6.07) is 6.30. The summed E-state index contributed by atoms with van der Waals surface area (Å²) in [4.78, 5) is 72.2. The third-order valence-corrected chi connectivity index (χ3v) is 5.23. The fourth-order valence-electron chi connectivity index (χ4n) is 3.62. The number of alkyl carbamates (subject to hydrolysis) is 1. The van der Waals surface area contributed by atoms with Crippen molar-refractivity contribution in [1.29, 1.82) is 0 Å². The molecule has 1 saturated heterocycles. The number of carbonyl (C=O) groups is 6. The van der Waals surface area contributed by atoms with E-state index in [-0.39, 0.29) is 6.61 Å². The molecule has 0 unspecified atom stereocenters. The standard InChI is InChI=1S/C25H32N2O12/c1-13(26-25(33)35-11-18-9-7-6-8-10-18)23(32)27-20-22(37-16(4)30)21(36-15(3)29)19(12-34-14(2)28)39-24(20)38-17(5)31/h6-10,13,19-22,24H,11-12H2,1-5H3,(H,26,33)(H,27,32)/t13-,19-,20+,21+,22-,24-/m0/s1. The molecule has 0 radical (unpaired) electrons. The molecular weight excluding hydrogens is 520 g/mol. The first-order chi connectivity index (χ1) is 18.4. The van der Waals surface area contributed by atoms with Crippen molar-refractivity contribution < 1.29 is 57.2 Å². The van der Waals surface area contributed by atoms with E-state index < -0.39 is 79.2 Å². The van der Waals surface area contributed by atoms with Crippen LogP contribution >= 0.6 is 0 Å². The third-order valence-electron chi connectivity index (χ3n) is 5.23. The third kappa shape index (κ3) is 10.2. The second-order valence-corrected chi connectivity index (χ2v) is 8.57. The second kappa shape index (κ2) is 14.7. The van der Waals surface area contributed by atoms with Crippen LogP contribution in [0.15, 0.2) is 30.3 Å². The van der Waals surface area contributed by atoms with Crippen molar-refractivity contribution >= 4 is 35.9 Å². The normalized spacial score (nSPS) is 22.8. The van der Waals surface area contributed by atoms with Crippen LogP contribution in [0.1, 0.15) is 40.2 Å². The van der Waals surface area contributed by atoms with Gasteiger partial charge in [0.2, 0.25) is 12.2 Å². The Kier molecular flexibility index (Phi) is 11.7. The van der Waals surface area contributed by atoms with Crippen molar-refractivity contribution in [1.82, 2.24) is 10.6 Å². The highest BCUT2D eigenvalue weighted by Gasteiger charge is 2.52. The molecule has 39 heavy (non-hydrogen) atoms. The summed E-state index contributed by atoms with van der Waals surface area (Å²) in [6.45, 7) is 5.26. The Morgan fingerprint density at radius 3 is 1.97 bits per heavy atom. The number of ether oxygens (including phenoxy) is 6. The van der Waals surface area contributed by atoms with Gasteiger partial charge in [0.25, 0.3) is 0 Å². The quantitative estimate of drug-likeness (QED) is 0.303. The van der Waals surface area contributed by atoms with Crippen molar-refractivity contribution in [2.75, 3.05) is 6.61 Å². The molecule has 2 rings (SSSR count). The van der Waals surface area contributed by atoms with E-state index >= 15 is 0 Å². The minimum Gasteiger partial charge on any atom is -0.463 e. The van der Waals surface area contributed by atoms with Gasteiger partial charge in [0.1, 0.15) is 31.4 Å². The van der Waals surface area contributed by atoms with Gasteiger partial charge in [0, 0.05) is 27.7 Å². The van der Waals surface area contributed by atoms with E-state index in [2.05, 4.69) is 10.6 Å². The van der Waals surface area contributed by atoms with E-state index in [1.165, 1.54) is 6.92 Å². The van der Waals surface area contributed by atoms with Gasteiger partial charge in [0.05, 0.1) is 0 Å². The number of hydrogen-bond donors (Lipinski definition) is 2. The van der Waals surface area contributed by atoms with Crippen LogP contribution in [0.3, 0.4) is 0 Å². The van der Waals surface area contributed by atoms with Crippen LogP contribution in [0.5, 0.6) is 0 Å². The Balaban J connectivity index is 2.23. The maximum absolute atomic E-state index is 13.0. The lowest BCUT2D eigenvalue weighted by molar-refractivity contribution is -0.271. The summed E-state index contributed by atoms with van der Waals surface area (Å²) in [6.07, 6.45) is -6.48. The molecule has 0 aliphatic carbocycles. The Morgan fingerprint density at radius 2 is 1.41 bits per heavy atom. The average Bonchev–Trinajstić information content (AvgIpc) is 2.84. The van der Waals surface area contributed by atoms with Gasteiger partial charge in [-0.05, 0) is 12.5 Å². The largest absolute Gasteiger partial charge is 0.463 e. The predicted octanol–water partition coefficient (Wildman–Crippen LogP) is 0.501. The molecular formula is C25H32N2O12.